The van der Waals surface area contributed by atoms with Gasteiger partial charge in [-0.05, 0) is 41.0 Å². The molecule has 1 heterocycles. The van der Waals surface area contributed by atoms with Gasteiger partial charge in [0, 0.05) is 13.0 Å². The van der Waals surface area contributed by atoms with Gasteiger partial charge >= 0.3 is 0 Å². The van der Waals surface area contributed by atoms with Crippen LogP contribution in [0.2, 0.25) is 0 Å². The van der Waals surface area contributed by atoms with Crippen molar-refractivity contribution in [3.8, 4) is 5.75 Å². The van der Waals surface area contributed by atoms with Crippen LogP contribution in [0.5, 0.6) is 5.75 Å². The molecule has 0 spiro atoms. The summed E-state index contributed by atoms with van der Waals surface area (Å²) in [6.45, 7) is 2.16. The summed E-state index contributed by atoms with van der Waals surface area (Å²) in [4.78, 5) is 39.2. The summed E-state index contributed by atoms with van der Waals surface area (Å²) < 4.78 is 5.37. The first-order chi connectivity index (χ1) is 15.5. The van der Waals surface area contributed by atoms with Crippen molar-refractivity contribution in [2.45, 2.75) is 19.8 Å². The molecule has 0 aliphatic carbocycles. The third-order valence-electron chi connectivity index (χ3n) is 5.68. The first-order valence-corrected chi connectivity index (χ1v) is 10.5. The van der Waals surface area contributed by atoms with Crippen molar-refractivity contribution in [2.75, 3.05) is 18.6 Å². The van der Waals surface area contributed by atoms with Crippen molar-refractivity contribution in [1.29, 1.82) is 0 Å². The molecule has 3 amide bonds. The van der Waals surface area contributed by atoms with Crippen LogP contribution >= 0.6 is 0 Å². The van der Waals surface area contributed by atoms with E-state index in [1.54, 1.807) is 18.1 Å². The summed E-state index contributed by atoms with van der Waals surface area (Å²) in [6, 6.07) is 19.2. The monoisotopic (exact) mass is 431 g/mol. The second-order valence-electron chi connectivity index (χ2n) is 7.93. The fourth-order valence-corrected chi connectivity index (χ4v) is 4.02. The number of nitrogens with zero attached hydrogens (tertiary/aromatic N) is 1. The molecule has 3 aromatic carbocycles. The largest absolute Gasteiger partial charge is 0.495 e. The number of benzene rings is 3. The van der Waals surface area contributed by atoms with Gasteiger partial charge in [-0.15, -0.1) is 0 Å². The summed E-state index contributed by atoms with van der Waals surface area (Å²) in [5, 5.41) is 2.05. The van der Waals surface area contributed by atoms with Crippen molar-refractivity contribution in [3.63, 3.8) is 0 Å². The van der Waals surface area contributed by atoms with Crippen LogP contribution in [0.15, 0.2) is 60.7 Å². The van der Waals surface area contributed by atoms with Gasteiger partial charge in [0.2, 0.25) is 17.7 Å². The molecule has 4 rings (SSSR count). The average Bonchev–Trinajstić information content (AvgIpc) is 3.19. The van der Waals surface area contributed by atoms with E-state index in [1.807, 2.05) is 61.5 Å². The number of amides is 3. The summed E-state index contributed by atoms with van der Waals surface area (Å²) in [5.74, 6) is -0.856. The Morgan fingerprint density at radius 1 is 1.06 bits per heavy atom. The molecule has 2 N–H and O–H groups in total. The number of anilines is 1. The van der Waals surface area contributed by atoms with Crippen molar-refractivity contribution < 1.29 is 19.1 Å². The van der Waals surface area contributed by atoms with E-state index in [4.69, 9.17) is 4.74 Å². The van der Waals surface area contributed by atoms with E-state index in [0.29, 0.717) is 11.4 Å². The number of methoxy groups -OCH3 is 1. The first kappa shape index (κ1) is 21.4. The summed E-state index contributed by atoms with van der Waals surface area (Å²) in [5.41, 5.74) is 7.47. The van der Waals surface area contributed by atoms with Gasteiger partial charge in [0.1, 0.15) is 5.75 Å². The van der Waals surface area contributed by atoms with Gasteiger partial charge in [0.25, 0.3) is 0 Å². The highest BCUT2D eigenvalue weighted by molar-refractivity contribution is 6.01. The van der Waals surface area contributed by atoms with E-state index in [2.05, 4.69) is 10.9 Å². The van der Waals surface area contributed by atoms with Crippen LogP contribution in [0.1, 0.15) is 17.5 Å². The standard InChI is InChI=1S/C25H25N3O4/c1-16-10-11-22(32-2)21(12-16)28-15-19(14-24(28)30)25(31)27-26-23(29)13-18-8-5-7-17-6-3-4-9-20(17)18/h3-12,19H,13-15H2,1-2H3,(H,26,29)(H,27,31). The van der Waals surface area contributed by atoms with Crippen LogP contribution in [-0.4, -0.2) is 31.4 Å². The second-order valence-corrected chi connectivity index (χ2v) is 7.93. The molecule has 0 saturated carbocycles. The Hall–Kier alpha value is -3.87. The van der Waals surface area contributed by atoms with Crippen molar-refractivity contribution in [1.82, 2.24) is 10.9 Å². The highest BCUT2D eigenvalue weighted by Gasteiger charge is 2.36. The maximum Gasteiger partial charge on any atom is 0.243 e. The van der Waals surface area contributed by atoms with E-state index in [9.17, 15) is 14.4 Å². The van der Waals surface area contributed by atoms with Crippen molar-refractivity contribution in [3.05, 3.63) is 71.8 Å². The highest BCUT2D eigenvalue weighted by atomic mass is 16.5. The maximum absolute atomic E-state index is 12.6. The molecule has 32 heavy (non-hydrogen) atoms. The predicted molar refractivity (Wildman–Crippen MR) is 122 cm³/mol. The van der Waals surface area contributed by atoms with Crippen molar-refractivity contribution in [2.24, 2.45) is 5.92 Å². The Morgan fingerprint density at radius 3 is 2.66 bits per heavy atom. The molecular weight excluding hydrogens is 406 g/mol. The topological polar surface area (TPSA) is 87.7 Å². The normalized spacial score (nSPS) is 15.6. The van der Waals surface area contributed by atoms with Crippen LogP contribution in [0.25, 0.3) is 10.8 Å². The number of rotatable bonds is 5. The van der Waals surface area contributed by atoms with Gasteiger partial charge < -0.3 is 9.64 Å². The number of fused-ring (bicyclic) bond motifs is 1. The van der Waals surface area contributed by atoms with Crippen LogP contribution in [-0.2, 0) is 20.8 Å². The van der Waals surface area contributed by atoms with Crippen LogP contribution in [0, 0.1) is 12.8 Å². The number of nitrogens with one attached hydrogen (secondary N) is 2. The molecule has 1 unspecified atom stereocenters. The van der Waals surface area contributed by atoms with E-state index in [0.717, 1.165) is 21.9 Å². The molecule has 164 valence electrons. The molecule has 7 nitrogen and oxygen atoms in total. The lowest BCUT2D eigenvalue weighted by molar-refractivity contribution is -0.131. The molecular formula is C25H25N3O4. The minimum Gasteiger partial charge on any atom is -0.495 e. The van der Waals surface area contributed by atoms with Gasteiger partial charge in [-0.2, -0.15) is 0 Å². The van der Waals surface area contributed by atoms with Gasteiger partial charge in [-0.3, -0.25) is 25.2 Å². The molecule has 0 aromatic heterocycles. The van der Waals surface area contributed by atoms with E-state index in [1.165, 1.54) is 0 Å². The molecule has 0 radical (unpaired) electrons. The van der Waals surface area contributed by atoms with Gasteiger partial charge in [0.05, 0.1) is 25.1 Å². The van der Waals surface area contributed by atoms with E-state index < -0.39 is 11.8 Å². The zero-order chi connectivity index (χ0) is 22.7. The summed E-state index contributed by atoms with van der Waals surface area (Å²) in [6.07, 6.45) is 0.208. The van der Waals surface area contributed by atoms with Gasteiger partial charge in [-0.1, -0.05) is 48.5 Å². The van der Waals surface area contributed by atoms with E-state index in [-0.39, 0.29) is 31.2 Å². The zero-order valence-corrected chi connectivity index (χ0v) is 18.1. The summed E-state index contributed by atoms with van der Waals surface area (Å²) >= 11 is 0. The second kappa shape index (κ2) is 9.09. The van der Waals surface area contributed by atoms with Crippen LogP contribution in [0.3, 0.4) is 0 Å². The van der Waals surface area contributed by atoms with E-state index >= 15 is 0 Å². The molecule has 7 heteroatoms. The van der Waals surface area contributed by atoms with Gasteiger partial charge in [0.15, 0.2) is 0 Å². The smallest absolute Gasteiger partial charge is 0.243 e. The molecule has 0 bridgehead atoms. The Balaban J connectivity index is 1.37. The zero-order valence-electron chi connectivity index (χ0n) is 18.1. The predicted octanol–water partition coefficient (Wildman–Crippen LogP) is 2.90. The lowest BCUT2D eigenvalue weighted by atomic mass is 10.0. The number of hydrogen-bond acceptors (Lipinski definition) is 4. The summed E-state index contributed by atoms with van der Waals surface area (Å²) in [7, 11) is 1.55. The Kier molecular flexibility index (Phi) is 6.07. The number of hydrogen-bond donors (Lipinski definition) is 2. The molecule has 1 aliphatic rings. The minimum atomic E-state index is -0.564. The molecule has 1 atom stereocenters. The fraction of sp³-hybridized carbons (Fsp3) is 0.240. The minimum absolute atomic E-state index is 0.0716. The lowest BCUT2D eigenvalue weighted by Crippen LogP contribution is -2.45. The first-order valence-electron chi connectivity index (χ1n) is 10.5. The molecule has 3 aromatic rings. The average molecular weight is 431 g/mol. The Labute approximate surface area is 186 Å². The highest BCUT2D eigenvalue weighted by Crippen LogP contribution is 2.33. The third-order valence-corrected chi connectivity index (χ3v) is 5.68. The molecule has 1 aliphatic heterocycles. The SMILES string of the molecule is COc1ccc(C)cc1N1CC(C(=O)NNC(=O)Cc2cccc3ccccc23)CC1=O. The van der Waals surface area contributed by atoms with Gasteiger partial charge in [-0.25, -0.2) is 0 Å². The Morgan fingerprint density at radius 2 is 1.84 bits per heavy atom. The number of aryl methyl sites for hydroxylation is 1. The fourth-order valence-electron chi connectivity index (χ4n) is 4.02. The maximum atomic E-state index is 12.6. The number of carbonyl (C=O) groups excluding carboxylic acids is 3. The number of ether oxygens (including phenoxy) is 1. The molecule has 1 saturated heterocycles. The Bertz CT molecular complexity index is 1190. The number of hydrazine groups is 1. The van der Waals surface area contributed by atoms with Crippen LogP contribution in [0.4, 0.5) is 5.69 Å². The lowest BCUT2D eigenvalue weighted by Gasteiger charge is -2.20. The quantitative estimate of drug-likeness (QED) is 0.608. The number of carbonyl (C=O) groups is 3. The third kappa shape index (κ3) is 4.42. The van der Waals surface area contributed by atoms with Crippen LogP contribution < -0.4 is 20.5 Å². The molecule has 1 fully saturated rings. The van der Waals surface area contributed by atoms with Crippen molar-refractivity contribution >= 4 is 34.2 Å².